The molecule has 1 rings (SSSR count). The van der Waals surface area contributed by atoms with Crippen molar-refractivity contribution in [1.82, 2.24) is 4.90 Å². The predicted octanol–water partition coefficient (Wildman–Crippen LogP) is 1.77. The van der Waals surface area contributed by atoms with Crippen LogP contribution in [0.4, 0.5) is 11.4 Å². The lowest BCUT2D eigenvalue weighted by atomic mass is 10.1. The molecule has 1 aromatic rings. The molecule has 7 nitrogen and oxygen atoms in total. The number of nitrogens with zero attached hydrogens (tertiary/aromatic N) is 4. The highest BCUT2D eigenvalue weighted by Crippen LogP contribution is 2.23. The second-order valence-corrected chi connectivity index (χ2v) is 4.49. The third-order valence-corrected chi connectivity index (χ3v) is 3.23. The van der Waals surface area contributed by atoms with E-state index in [2.05, 4.69) is 0 Å². The highest BCUT2D eigenvalue weighted by atomic mass is 16.6. The number of hydrogen-bond donors (Lipinski definition) is 0. The van der Waals surface area contributed by atoms with Gasteiger partial charge >= 0.3 is 0 Å². The molecule has 0 aliphatic heterocycles. The van der Waals surface area contributed by atoms with Crippen LogP contribution in [-0.4, -0.2) is 42.4 Å². The molecule has 1 aromatic carbocycles. The zero-order valence-electron chi connectivity index (χ0n) is 12.4. The van der Waals surface area contributed by atoms with Gasteiger partial charge in [0.1, 0.15) is 11.6 Å². The van der Waals surface area contributed by atoms with Gasteiger partial charge in [-0.2, -0.15) is 5.26 Å². The summed E-state index contributed by atoms with van der Waals surface area (Å²) in [6, 6.07) is 6.05. The van der Waals surface area contributed by atoms with Gasteiger partial charge < -0.3 is 9.80 Å². The molecule has 0 heterocycles. The van der Waals surface area contributed by atoms with Crippen LogP contribution < -0.4 is 4.90 Å². The van der Waals surface area contributed by atoms with E-state index in [1.165, 1.54) is 18.2 Å². The minimum Gasteiger partial charge on any atom is -0.365 e. The van der Waals surface area contributed by atoms with E-state index in [-0.39, 0.29) is 23.7 Å². The SMILES string of the molecule is CCN(CC)C(=O)CN(C)c1ccc([N+](=O)[O-])c(C#N)c1. The fourth-order valence-corrected chi connectivity index (χ4v) is 1.98. The van der Waals surface area contributed by atoms with Crippen molar-refractivity contribution in [2.75, 3.05) is 31.6 Å². The summed E-state index contributed by atoms with van der Waals surface area (Å²) < 4.78 is 0. The van der Waals surface area contributed by atoms with Crippen molar-refractivity contribution in [3.63, 3.8) is 0 Å². The van der Waals surface area contributed by atoms with Crippen LogP contribution in [0, 0.1) is 21.4 Å². The van der Waals surface area contributed by atoms with Crippen LogP contribution in [0.1, 0.15) is 19.4 Å². The third-order valence-electron chi connectivity index (χ3n) is 3.23. The van der Waals surface area contributed by atoms with Crippen LogP contribution in [0.25, 0.3) is 0 Å². The van der Waals surface area contributed by atoms with Gasteiger partial charge in [-0.1, -0.05) is 0 Å². The van der Waals surface area contributed by atoms with Crippen molar-refractivity contribution < 1.29 is 9.72 Å². The molecule has 21 heavy (non-hydrogen) atoms. The van der Waals surface area contributed by atoms with Crippen molar-refractivity contribution in [2.45, 2.75) is 13.8 Å². The van der Waals surface area contributed by atoms with Crippen LogP contribution in [0.5, 0.6) is 0 Å². The third kappa shape index (κ3) is 3.92. The topological polar surface area (TPSA) is 90.5 Å². The van der Waals surface area contributed by atoms with E-state index in [1.54, 1.807) is 22.9 Å². The molecule has 1 amide bonds. The molecule has 0 bridgehead atoms. The summed E-state index contributed by atoms with van der Waals surface area (Å²) in [5, 5.41) is 19.8. The Balaban J connectivity index is 2.94. The number of amides is 1. The van der Waals surface area contributed by atoms with E-state index in [1.807, 2.05) is 13.8 Å². The molecule has 0 spiro atoms. The summed E-state index contributed by atoms with van der Waals surface area (Å²) in [4.78, 5) is 25.6. The first-order chi connectivity index (χ1) is 9.94. The quantitative estimate of drug-likeness (QED) is 0.588. The van der Waals surface area contributed by atoms with Gasteiger partial charge in [-0.25, -0.2) is 0 Å². The normalized spacial score (nSPS) is 9.81. The van der Waals surface area contributed by atoms with Crippen molar-refractivity contribution in [1.29, 1.82) is 5.26 Å². The van der Waals surface area contributed by atoms with E-state index in [9.17, 15) is 14.9 Å². The molecular formula is C14H18N4O3. The summed E-state index contributed by atoms with van der Waals surface area (Å²) in [5.41, 5.74) is 0.349. The van der Waals surface area contributed by atoms with E-state index in [0.29, 0.717) is 18.8 Å². The number of benzene rings is 1. The Labute approximate surface area is 123 Å². The molecule has 7 heteroatoms. The Hall–Kier alpha value is -2.62. The van der Waals surface area contributed by atoms with Gasteiger partial charge in [0.2, 0.25) is 5.91 Å². The van der Waals surface area contributed by atoms with Gasteiger partial charge in [0.15, 0.2) is 0 Å². The van der Waals surface area contributed by atoms with Crippen LogP contribution in [-0.2, 0) is 4.79 Å². The van der Waals surface area contributed by atoms with Crippen LogP contribution in [0.15, 0.2) is 18.2 Å². The first-order valence-electron chi connectivity index (χ1n) is 6.62. The monoisotopic (exact) mass is 290 g/mol. The fourth-order valence-electron chi connectivity index (χ4n) is 1.98. The summed E-state index contributed by atoms with van der Waals surface area (Å²) in [5.74, 6) is -0.0284. The maximum atomic E-state index is 12.0. The molecule has 0 aromatic heterocycles. The largest absolute Gasteiger partial charge is 0.365 e. The van der Waals surface area contributed by atoms with E-state index in [0.717, 1.165) is 0 Å². The fraction of sp³-hybridized carbons (Fsp3) is 0.429. The number of likely N-dealkylation sites (N-methyl/N-ethyl adjacent to an activating group) is 2. The lowest BCUT2D eigenvalue weighted by Crippen LogP contribution is -2.38. The van der Waals surface area contributed by atoms with E-state index >= 15 is 0 Å². The number of nitro benzene ring substituents is 1. The molecule has 0 aliphatic carbocycles. The van der Waals surface area contributed by atoms with Gasteiger partial charge in [0, 0.05) is 31.9 Å². The molecular weight excluding hydrogens is 272 g/mol. The standard InChI is InChI=1S/C14H18N4O3/c1-4-17(5-2)14(19)10-16(3)12-6-7-13(18(20)21)11(8-12)9-15/h6-8H,4-5,10H2,1-3H3. The van der Waals surface area contributed by atoms with Gasteiger partial charge in [-0.15, -0.1) is 0 Å². The van der Waals surface area contributed by atoms with Gasteiger partial charge in [0.05, 0.1) is 11.5 Å². The van der Waals surface area contributed by atoms with Crippen molar-refractivity contribution >= 4 is 17.3 Å². The van der Waals surface area contributed by atoms with Crippen LogP contribution in [0.2, 0.25) is 0 Å². The lowest BCUT2D eigenvalue weighted by Gasteiger charge is -2.24. The Morgan fingerprint density at radius 2 is 2.00 bits per heavy atom. The molecule has 112 valence electrons. The first-order valence-corrected chi connectivity index (χ1v) is 6.62. The van der Waals surface area contributed by atoms with E-state index in [4.69, 9.17) is 5.26 Å². The Morgan fingerprint density at radius 1 is 1.38 bits per heavy atom. The molecule has 0 N–H and O–H groups in total. The molecule has 0 fully saturated rings. The molecule has 0 aliphatic rings. The highest BCUT2D eigenvalue weighted by Gasteiger charge is 2.17. The Kier molecular flexibility index (Phi) is 5.67. The number of hydrogen-bond acceptors (Lipinski definition) is 5. The van der Waals surface area contributed by atoms with E-state index < -0.39 is 4.92 Å². The lowest BCUT2D eigenvalue weighted by molar-refractivity contribution is -0.385. The summed E-state index contributed by atoms with van der Waals surface area (Å²) in [6.45, 7) is 5.23. The van der Waals surface area contributed by atoms with Gasteiger partial charge in [0.25, 0.3) is 5.69 Å². The van der Waals surface area contributed by atoms with Gasteiger partial charge in [-0.05, 0) is 26.0 Å². The molecule has 0 unspecified atom stereocenters. The van der Waals surface area contributed by atoms with Crippen molar-refractivity contribution in [2.24, 2.45) is 0 Å². The summed E-state index contributed by atoms with van der Waals surface area (Å²) in [7, 11) is 1.71. The Morgan fingerprint density at radius 3 is 2.48 bits per heavy atom. The predicted molar refractivity (Wildman–Crippen MR) is 79.0 cm³/mol. The van der Waals surface area contributed by atoms with Gasteiger partial charge in [-0.3, -0.25) is 14.9 Å². The summed E-state index contributed by atoms with van der Waals surface area (Å²) >= 11 is 0. The second kappa shape index (κ2) is 7.24. The number of nitriles is 1. The number of anilines is 1. The molecule has 0 atom stereocenters. The maximum Gasteiger partial charge on any atom is 0.287 e. The maximum absolute atomic E-state index is 12.0. The molecule has 0 saturated carbocycles. The van der Waals surface area contributed by atoms with Crippen molar-refractivity contribution in [3.05, 3.63) is 33.9 Å². The minimum atomic E-state index is -0.594. The minimum absolute atomic E-state index is 0.0142. The smallest absolute Gasteiger partial charge is 0.287 e. The first kappa shape index (κ1) is 16.4. The molecule has 0 radical (unpaired) electrons. The molecule has 0 saturated heterocycles. The number of carbonyl (C=O) groups is 1. The average Bonchev–Trinajstić information content (AvgIpc) is 2.47. The Bertz CT molecular complexity index is 576. The number of nitro groups is 1. The highest BCUT2D eigenvalue weighted by molar-refractivity contribution is 5.81. The van der Waals surface area contributed by atoms with Crippen LogP contribution in [0.3, 0.4) is 0 Å². The second-order valence-electron chi connectivity index (χ2n) is 4.49. The zero-order chi connectivity index (χ0) is 16.0. The summed E-state index contributed by atoms with van der Waals surface area (Å²) in [6.07, 6.45) is 0. The van der Waals surface area contributed by atoms with Crippen molar-refractivity contribution in [3.8, 4) is 6.07 Å². The average molecular weight is 290 g/mol. The zero-order valence-corrected chi connectivity index (χ0v) is 12.4. The van der Waals surface area contributed by atoms with Crippen LogP contribution >= 0.6 is 0 Å². The number of carbonyl (C=O) groups excluding carboxylic acids is 1. The number of rotatable bonds is 6.